The van der Waals surface area contributed by atoms with E-state index < -0.39 is 27.0 Å². The van der Waals surface area contributed by atoms with Crippen LogP contribution in [-0.4, -0.2) is 28.7 Å². The van der Waals surface area contributed by atoms with E-state index in [0.29, 0.717) is 0 Å². The summed E-state index contributed by atoms with van der Waals surface area (Å²) in [7, 11) is -3.78. The molecule has 0 aromatic heterocycles. The molecular weight excluding hydrogens is 240 g/mol. The molecule has 0 amide bonds. The van der Waals surface area contributed by atoms with Crippen molar-refractivity contribution in [1.82, 2.24) is 0 Å². The van der Waals surface area contributed by atoms with E-state index in [9.17, 15) is 12.6 Å². The first kappa shape index (κ1) is 12.2. The van der Waals surface area contributed by atoms with Crippen LogP contribution in [0.3, 0.4) is 0 Å². The van der Waals surface area contributed by atoms with Crippen LogP contribution < -0.4 is 4.18 Å². The maximum atomic E-state index is 11.2. The number of para-hydroxylation sites is 1. The van der Waals surface area contributed by atoms with Crippen LogP contribution in [0.4, 0.5) is 0 Å². The van der Waals surface area contributed by atoms with Crippen molar-refractivity contribution in [2.45, 2.75) is 0 Å². The highest BCUT2D eigenvalue weighted by Crippen LogP contribution is 2.11. The summed E-state index contributed by atoms with van der Waals surface area (Å²) in [5.41, 5.74) is 0. The Morgan fingerprint density at radius 3 is 2.40 bits per heavy atom. The Hall–Kier alpha value is -0.920. The van der Waals surface area contributed by atoms with Crippen LogP contribution in [0.25, 0.3) is 0 Å². The summed E-state index contributed by atoms with van der Waals surface area (Å²) in [6.07, 6.45) is 0. The third kappa shape index (κ3) is 4.91. The highest BCUT2D eigenvalue weighted by molar-refractivity contribution is 7.88. The lowest BCUT2D eigenvalue weighted by Gasteiger charge is -2.04. The van der Waals surface area contributed by atoms with Crippen LogP contribution in [0.15, 0.2) is 30.3 Å². The van der Waals surface area contributed by atoms with Gasteiger partial charge in [0.25, 0.3) is 0 Å². The Balaban J connectivity index is 2.61. The number of hydrogen-bond donors (Lipinski definition) is 1. The Labute approximate surface area is 90.5 Å². The van der Waals surface area contributed by atoms with Gasteiger partial charge in [-0.3, -0.25) is 0 Å². The molecule has 0 saturated heterocycles. The average molecular weight is 250 g/mol. The molecule has 15 heavy (non-hydrogen) atoms. The maximum absolute atomic E-state index is 11.2. The van der Waals surface area contributed by atoms with Crippen LogP contribution >= 0.6 is 0 Å². The molecule has 0 radical (unpaired) electrons. The van der Waals surface area contributed by atoms with Gasteiger partial charge in [0, 0.05) is 0 Å². The highest BCUT2D eigenvalue weighted by Gasteiger charge is 2.13. The fraction of sp³-hybridized carbons (Fsp3) is 0.250. The standard InChI is InChI=1S/C8H10O5S2/c9-14(10)6-7-15(11,12)13-8-4-2-1-3-5-8/h1-5H,6-7H2,(H,9,10). The quantitative estimate of drug-likeness (QED) is 0.612. The van der Waals surface area contributed by atoms with Crippen molar-refractivity contribution in [3.63, 3.8) is 0 Å². The van der Waals surface area contributed by atoms with Gasteiger partial charge < -0.3 is 8.74 Å². The molecule has 1 atom stereocenters. The van der Waals surface area contributed by atoms with E-state index in [1.54, 1.807) is 18.2 Å². The van der Waals surface area contributed by atoms with E-state index in [4.69, 9.17) is 4.55 Å². The Bertz CT molecular complexity index is 426. The fourth-order valence-corrected chi connectivity index (χ4v) is 2.71. The van der Waals surface area contributed by atoms with Crippen LogP contribution in [0, 0.1) is 0 Å². The molecule has 1 aromatic rings. The van der Waals surface area contributed by atoms with E-state index in [-0.39, 0.29) is 11.5 Å². The van der Waals surface area contributed by atoms with Crippen LogP contribution in [-0.2, 0) is 21.2 Å². The lowest BCUT2D eigenvalue weighted by atomic mass is 10.3. The molecule has 0 aliphatic heterocycles. The minimum atomic E-state index is -3.78. The molecular formula is C8H10O5S2. The maximum Gasteiger partial charge on any atom is 0.310 e. The molecule has 0 aliphatic carbocycles. The van der Waals surface area contributed by atoms with Gasteiger partial charge in [0.2, 0.25) is 0 Å². The Kier molecular flexibility index (Phi) is 4.25. The molecule has 5 nitrogen and oxygen atoms in total. The molecule has 1 unspecified atom stereocenters. The Morgan fingerprint density at radius 2 is 1.87 bits per heavy atom. The SMILES string of the molecule is O=S(O)CCS(=O)(=O)Oc1ccccc1. The van der Waals surface area contributed by atoms with E-state index in [0.717, 1.165) is 0 Å². The van der Waals surface area contributed by atoms with Crippen molar-refractivity contribution in [2.75, 3.05) is 11.5 Å². The van der Waals surface area contributed by atoms with Gasteiger partial charge in [-0.15, -0.1) is 0 Å². The van der Waals surface area contributed by atoms with Crippen LogP contribution in [0.5, 0.6) is 5.75 Å². The molecule has 0 aliphatic rings. The largest absolute Gasteiger partial charge is 0.382 e. The van der Waals surface area contributed by atoms with E-state index in [1.165, 1.54) is 12.1 Å². The molecule has 1 aromatic carbocycles. The zero-order chi connectivity index (χ0) is 11.3. The van der Waals surface area contributed by atoms with Crippen LogP contribution in [0.1, 0.15) is 0 Å². The molecule has 7 heteroatoms. The summed E-state index contributed by atoms with van der Waals surface area (Å²) in [5.74, 6) is -0.638. The van der Waals surface area contributed by atoms with Gasteiger partial charge in [-0.25, -0.2) is 4.21 Å². The van der Waals surface area contributed by atoms with E-state index in [2.05, 4.69) is 4.18 Å². The smallest absolute Gasteiger partial charge is 0.310 e. The lowest BCUT2D eigenvalue weighted by molar-refractivity contribution is 0.486. The summed E-state index contributed by atoms with van der Waals surface area (Å²) in [5, 5.41) is 0. The van der Waals surface area contributed by atoms with Gasteiger partial charge in [-0.2, -0.15) is 8.42 Å². The summed E-state index contributed by atoms with van der Waals surface area (Å²) in [4.78, 5) is 0. The molecule has 84 valence electrons. The molecule has 1 rings (SSSR count). The monoisotopic (exact) mass is 250 g/mol. The molecule has 0 saturated carbocycles. The summed E-state index contributed by atoms with van der Waals surface area (Å²) in [6.45, 7) is 0. The molecule has 0 heterocycles. The van der Waals surface area contributed by atoms with Crippen molar-refractivity contribution in [2.24, 2.45) is 0 Å². The normalized spacial score (nSPS) is 13.4. The summed E-state index contributed by atoms with van der Waals surface area (Å²) in [6, 6.07) is 7.98. The van der Waals surface area contributed by atoms with Gasteiger partial charge in [-0.05, 0) is 12.1 Å². The van der Waals surface area contributed by atoms with Crippen molar-refractivity contribution in [1.29, 1.82) is 0 Å². The summed E-state index contributed by atoms with van der Waals surface area (Å²) >= 11 is -2.13. The van der Waals surface area contributed by atoms with E-state index >= 15 is 0 Å². The minimum Gasteiger partial charge on any atom is -0.382 e. The third-order valence-electron chi connectivity index (χ3n) is 1.47. The molecule has 0 fully saturated rings. The summed E-state index contributed by atoms with van der Waals surface area (Å²) < 4.78 is 45.9. The van der Waals surface area contributed by atoms with Crippen LogP contribution in [0.2, 0.25) is 0 Å². The van der Waals surface area contributed by atoms with Crippen molar-refractivity contribution in [3.05, 3.63) is 30.3 Å². The van der Waals surface area contributed by atoms with Gasteiger partial charge in [0.15, 0.2) is 11.1 Å². The Morgan fingerprint density at radius 1 is 1.27 bits per heavy atom. The minimum absolute atomic E-state index is 0.196. The second kappa shape index (κ2) is 5.24. The zero-order valence-electron chi connectivity index (χ0n) is 7.70. The number of benzene rings is 1. The van der Waals surface area contributed by atoms with Crippen molar-refractivity contribution >= 4 is 21.2 Å². The third-order valence-corrected chi connectivity index (χ3v) is 3.44. The lowest BCUT2D eigenvalue weighted by Crippen LogP contribution is -2.18. The average Bonchev–Trinajstić information content (AvgIpc) is 2.16. The number of rotatable bonds is 5. The predicted octanol–water partition coefficient (Wildman–Crippen LogP) is 0.617. The first-order valence-electron chi connectivity index (χ1n) is 4.04. The number of hydrogen-bond acceptors (Lipinski definition) is 4. The molecule has 0 bridgehead atoms. The topological polar surface area (TPSA) is 80.7 Å². The van der Waals surface area contributed by atoms with Gasteiger partial charge in [0.1, 0.15) is 11.5 Å². The highest BCUT2D eigenvalue weighted by atomic mass is 32.2. The zero-order valence-corrected chi connectivity index (χ0v) is 9.33. The first-order chi connectivity index (χ1) is 6.99. The van der Waals surface area contributed by atoms with Gasteiger partial charge >= 0.3 is 10.1 Å². The first-order valence-corrected chi connectivity index (χ1v) is 6.89. The van der Waals surface area contributed by atoms with E-state index in [1.807, 2.05) is 0 Å². The van der Waals surface area contributed by atoms with Crippen molar-refractivity contribution in [3.8, 4) is 5.75 Å². The van der Waals surface area contributed by atoms with Gasteiger partial charge in [0.05, 0.1) is 5.75 Å². The predicted molar refractivity (Wildman–Crippen MR) is 56.5 cm³/mol. The fourth-order valence-electron chi connectivity index (χ4n) is 0.838. The molecule has 0 spiro atoms. The second-order valence-corrected chi connectivity index (χ2v) is 5.43. The van der Waals surface area contributed by atoms with Gasteiger partial charge in [-0.1, -0.05) is 18.2 Å². The molecule has 1 N–H and O–H groups in total. The van der Waals surface area contributed by atoms with Crippen molar-refractivity contribution < 1.29 is 21.4 Å². The second-order valence-electron chi connectivity index (χ2n) is 2.68.